The van der Waals surface area contributed by atoms with Crippen LogP contribution >= 0.6 is 0 Å². The number of nitrogens with zero attached hydrogens (tertiary/aromatic N) is 5. The topological polar surface area (TPSA) is 177 Å². The molecule has 4 amide bonds. The lowest BCUT2D eigenvalue weighted by molar-refractivity contribution is -0.137. The van der Waals surface area contributed by atoms with Gasteiger partial charge in [-0.15, -0.1) is 0 Å². The average Bonchev–Trinajstić information content (AvgIpc) is 3.83. The van der Waals surface area contributed by atoms with Gasteiger partial charge in [0, 0.05) is 19.5 Å². The van der Waals surface area contributed by atoms with Crippen molar-refractivity contribution >= 4 is 34.7 Å². The molecule has 0 spiro atoms. The molecule has 0 fully saturated rings. The summed E-state index contributed by atoms with van der Waals surface area (Å²) in [5.74, 6) is -0.376. The van der Waals surface area contributed by atoms with Crippen LogP contribution in [0.5, 0.6) is 0 Å². The third-order valence-corrected chi connectivity index (χ3v) is 8.83. The minimum absolute atomic E-state index is 0.00652. The van der Waals surface area contributed by atoms with E-state index in [2.05, 4.69) is 30.9 Å². The molecule has 0 saturated heterocycles. The van der Waals surface area contributed by atoms with E-state index >= 15 is 0 Å². The quantitative estimate of drug-likeness (QED) is 0.227. The Morgan fingerprint density at radius 1 is 0.922 bits per heavy atom. The summed E-state index contributed by atoms with van der Waals surface area (Å²) in [4.78, 5) is 69.8. The number of hydrogen-bond acceptors (Lipinski definition) is 9. The molecule has 0 saturated carbocycles. The van der Waals surface area contributed by atoms with Crippen molar-refractivity contribution in [3.63, 3.8) is 0 Å². The molecule has 1 aliphatic heterocycles. The molecule has 6 rings (SSSR count). The number of nitrogens with one attached hydrogen (secondary N) is 3. The van der Waals surface area contributed by atoms with Crippen LogP contribution in [0.15, 0.2) is 69.7 Å². The van der Waals surface area contributed by atoms with Gasteiger partial charge in [-0.05, 0) is 50.8 Å². The zero-order chi connectivity index (χ0) is 36.2. The summed E-state index contributed by atoms with van der Waals surface area (Å²) in [6.45, 7) is 9.18. The number of rotatable bonds is 6. The molecule has 14 nitrogen and oxygen atoms in total. The number of carbonyl (C=O) groups is 4. The van der Waals surface area contributed by atoms with E-state index in [1.807, 2.05) is 79.9 Å². The van der Waals surface area contributed by atoms with Gasteiger partial charge in [-0.3, -0.25) is 19.2 Å². The van der Waals surface area contributed by atoms with Crippen LogP contribution < -0.4 is 16.0 Å². The maximum atomic E-state index is 14.2. The number of aryl methyl sites for hydroxylation is 3. The predicted molar refractivity (Wildman–Crippen MR) is 186 cm³/mol. The second kappa shape index (κ2) is 15.0. The summed E-state index contributed by atoms with van der Waals surface area (Å²) in [6.07, 6.45) is 1.76. The lowest BCUT2D eigenvalue weighted by atomic mass is 10.0. The van der Waals surface area contributed by atoms with Crippen molar-refractivity contribution in [1.82, 2.24) is 40.4 Å². The number of benzene rings is 2. The molecule has 3 aromatic heterocycles. The maximum absolute atomic E-state index is 14.2. The van der Waals surface area contributed by atoms with Gasteiger partial charge in [0.1, 0.15) is 29.9 Å². The third-order valence-electron chi connectivity index (χ3n) is 8.83. The van der Waals surface area contributed by atoms with Crippen molar-refractivity contribution in [2.24, 2.45) is 5.92 Å². The minimum atomic E-state index is -0.720. The molecule has 0 radical (unpaired) electrons. The van der Waals surface area contributed by atoms with Crippen LogP contribution in [0.25, 0.3) is 11.0 Å². The minimum Gasteiger partial charge on any atom is -0.446 e. The fourth-order valence-electron chi connectivity index (χ4n) is 6.27. The average molecular weight is 695 g/mol. The van der Waals surface area contributed by atoms with E-state index in [4.69, 9.17) is 8.83 Å². The standard InChI is InChI=1S/C37H42N8O6/c1-21(2)17-27-37-42-29(20-50-37)34(48)38-22(3)36-43-33(23(4)51-36)35(49)41-28(25-11-7-6-8-12-25)18-44(19-31(46)40-27)32(47)15-16-45-24(5)39-26-13-9-10-14-30(26)45/h6-14,20-22,27-28H,15-19H2,1-5H3,(H,38,48)(H,40,46)(H,41,49)/t22-,27+,28+/m0/s1. The second-order valence-corrected chi connectivity index (χ2v) is 13.2. The van der Waals surface area contributed by atoms with Gasteiger partial charge in [0.05, 0.1) is 23.6 Å². The highest BCUT2D eigenvalue weighted by Gasteiger charge is 2.30. The van der Waals surface area contributed by atoms with Crippen LogP contribution in [0.2, 0.25) is 0 Å². The molecule has 5 aromatic rings. The number of amides is 4. The van der Waals surface area contributed by atoms with E-state index in [-0.39, 0.29) is 60.3 Å². The van der Waals surface area contributed by atoms with Crippen molar-refractivity contribution in [2.75, 3.05) is 13.1 Å². The van der Waals surface area contributed by atoms with Crippen molar-refractivity contribution in [3.8, 4) is 0 Å². The van der Waals surface area contributed by atoms with Crippen LogP contribution in [0.4, 0.5) is 0 Å². The Kier molecular flexibility index (Phi) is 10.3. The number of para-hydroxylation sites is 2. The molecule has 3 atom stereocenters. The highest BCUT2D eigenvalue weighted by molar-refractivity contribution is 5.94. The number of fused-ring (bicyclic) bond motifs is 5. The number of aromatic nitrogens is 4. The number of hydrogen-bond donors (Lipinski definition) is 3. The summed E-state index contributed by atoms with van der Waals surface area (Å²) in [5.41, 5.74) is 2.50. The predicted octanol–water partition coefficient (Wildman–Crippen LogP) is 4.73. The Balaban J connectivity index is 1.36. The summed E-state index contributed by atoms with van der Waals surface area (Å²) in [7, 11) is 0. The molecular formula is C37H42N8O6. The van der Waals surface area contributed by atoms with Crippen LogP contribution in [0.3, 0.4) is 0 Å². The zero-order valence-corrected chi connectivity index (χ0v) is 29.3. The van der Waals surface area contributed by atoms with Crippen molar-refractivity contribution in [1.29, 1.82) is 0 Å². The Labute approximate surface area is 295 Å². The van der Waals surface area contributed by atoms with E-state index < -0.39 is 35.8 Å². The van der Waals surface area contributed by atoms with E-state index in [0.717, 1.165) is 22.4 Å². The van der Waals surface area contributed by atoms with Crippen molar-refractivity contribution < 1.29 is 28.0 Å². The van der Waals surface area contributed by atoms with Gasteiger partial charge in [0.15, 0.2) is 11.4 Å². The lowest BCUT2D eigenvalue weighted by Gasteiger charge is -2.29. The van der Waals surface area contributed by atoms with Crippen molar-refractivity contribution in [3.05, 3.63) is 101 Å². The molecule has 266 valence electrons. The Morgan fingerprint density at radius 3 is 2.43 bits per heavy atom. The molecular weight excluding hydrogens is 652 g/mol. The van der Waals surface area contributed by atoms with Gasteiger partial charge in [-0.25, -0.2) is 15.0 Å². The van der Waals surface area contributed by atoms with Gasteiger partial charge in [-0.1, -0.05) is 56.3 Å². The molecule has 51 heavy (non-hydrogen) atoms. The monoisotopic (exact) mass is 694 g/mol. The van der Waals surface area contributed by atoms with Gasteiger partial charge in [0.25, 0.3) is 11.8 Å². The Morgan fingerprint density at radius 2 is 1.67 bits per heavy atom. The Hall–Kier alpha value is -5.79. The van der Waals surface area contributed by atoms with Gasteiger partial charge in [0.2, 0.25) is 23.6 Å². The summed E-state index contributed by atoms with van der Waals surface area (Å²) >= 11 is 0. The zero-order valence-electron chi connectivity index (χ0n) is 29.3. The smallest absolute Gasteiger partial charge is 0.274 e. The van der Waals surface area contributed by atoms with Gasteiger partial charge in [-0.2, -0.15) is 0 Å². The Bertz CT molecular complexity index is 2050. The SMILES string of the molecule is Cc1oc2nc1C(=O)N[C@@H](c1ccccc1)CN(C(=O)CCn1c(C)nc3ccccc31)CC(=O)N[C@H](CC(C)C)c1nc(co1)C(=O)N[C@H]2C. The molecule has 1 aliphatic rings. The van der Waals surface area contributed by atoms with Crippen LogP contribution in [0.1, 0.15) is 102 Å². The maximum Gasteiger partial charge on any atom is 0.274 e. The fraction of sp³-hybridized carbons (Fsp3) is 0.378. The molecule has 14 heteroatoms. The summed E-state index contributed by atoms with van der Waals surface area (Å²) in [6, 6.07) is 14.8. The first-order chi connectivity index (χ1) is 24.5. The van der Waals surface area contributed by atoms with Gasteiger partial charge < -0.3 is 34.3 Å². The molecule has 4 bridgehead atoms. The number of imidazole rings is 1. The summed E-state index contributed by atoms with van der Waals surface area (Å²) < 4.78 is 13.5. The fourth-order valence-corrected chi connectivity index (χ4v) is 6.27. The second-order valence-electron chi connectivity index (χ2n) is 13.2. The van der Waals surface area contributed by atoms with E-state index in [9.17, 15) is 19.2 Å². The summed E-state index contributed by atoms with van der Waals surface area (Å²) in [5, 5.41) is 8.78. The first kappa shape index (κ1) is 35.1. The lowest BCUT2D eigenvalue weighted by Crippen LogP contribution is -2.46. The molecule has 4 heterocycles. The van der Waals surface area contributed by atoms with E-state index in [1.54, 1.807) is 13.8 Å². The van der Waals surface area contributed by atoms with Crippen LogP contribution in [-0.2, 0) is 16.1 Å². The normalized spacial score (nSPS) is 19.0. The van der Waals surface area contributed by atoms with Crippen LogP contribution in [0, 0.1) is 19.8 Å². The van der Waals surface area contributed by atoms with Crippen molar-refractivity contribution in [2.45, 2.75) is 72.1 Å². The first-order valence-corrected chi connectivity index (χ1v) is 17.0. The highest BCUT2D eigenvalue weighted by Crippen LogP contribution is 2.24. The van der Waals surface area contributed by atoms with E-state index in [0.29, 0.717) is 13.0 Å². The molecule has 0 aliphatic carbocycles. The molecule has 2 aromatic carbocycles. The largest absolute Gasteiger partial charge is 0.446 e. The number of carbonyl (C=O) groups excluding carboxylic acids is 4. The molecule has 0 unspecified atom stereocenters. The van der Waals surface area contributed by atoms with Crippen LogP contribution in [-0.4, -0.2) is 61.1 Å². The van der Waals surface area contributed by atoms with E-state index in [1.165, 1.54) is 11.2 Å². The highest BCUT2D eigenvalue weighted by atomic mass is 16.4. The third kappa shape index (κ3) is 8.00. The first-order valence-electron chi connectivity index (χ1n) is 17.0. The molecule has 3 N–H and O–H groups in total. The number of oxazole rings is 2. The van der Waals surface area contributed by atoms with Gasteiger partial charge >= 0.3 is 0 Å².